The second-order valence-electron chi connectivity index (χ2n) is 5.81. The lowest BCUT2D eigenvalue weighted by Gasteiger charge is -2.35. The van der Waals surface area contributed by atoms with Crippen molar-refractivity contribution in [2.45, 2.75) is 51.6 Å². The number of piperidine rings is 1. The van der Waals surface area contributed by atoms with Crippen LogP contribution < -0.4 is 10.5 Å². The Morgan fingerprint density at radius 2 is 2.24 bits per heavy atom. The van der Waals surface area contributed by atoms with Gasteiger partial charge in [0, 0.05) is 12.6 Å². The number of hydrogen-bond donors (Lipinski definition) is 1. The minimum Gasteiger partial charge on any atom is -0.496 e. The lowest BCUT2D eigenvalue weighted by molar-refractivity contribution is 0.131. The van der Waals surface area contributed by atoms with Gasteiger partial charge in [-0.05, 0) is 43.5 Å². The van der Waals surface area contributed by atoms with E-state index < -0.39 is 0 Å². The molecule has 1 aliphatic heterocycles. The highest BCUT2D eigenvalue weighted by Crippen LogP contribution is 2.25. The zero-order valence-corrected chi connectivity index (χ0v) is 13.9. The van der Waals surface area contributed by atoms with Crippen LogP contribution in [0.2, 0.25) is 0 Å². The SMILES string of the molecule is CCCC1CCCCN1Cc1ccc(OC)c(C(N)=S)c1. The number of nitrogens with two attached hydrogens (primary N) is 1. The first-order valence-electron chi connectivity index (χ1n) is 7.86. The Bertz CT molecular complexity index is 488. The number of hydrogen-bond acceptors (Lipinski definition) is 3. The fraction of sp³-hybridized carbons (Fsp3) is 0.588. The lowest BCUT2D eigenvalue weighted by atomic mass is 9.97. The first-order chi connectivity index (χ1) is 10.2. The van der Waals surface area contributed by atoms with Gasteiger partial charge in [0.05, 0.1) is 12.7 Å². The maximum absolute atomic E-state index is 5.81. The van der Waals surface area contributed by atoms with Crippen LogP contribution in [-0.4, -0.2) is 29.6 Å². The van der Waals surface area contributed by atoms with Crippen LogP contribution in [-0.2, 0) is 6.54 Å². The average Bonchev–Trinajstić information content (AvgIpc) is 2.49. The zero-order chi connectivity index (χ0) is 15.2. The number of benzene rings is 1. The number of ether oxygens (including phenoxy) is 1. The van der Waals surface area contributed by atoms with E-state index in [0.29, 0.717) is 4.99 Å². The summed E-state index contributed by atoms with van der Waals surface area (Å²) < 4.78 is 5.33. The molecule has 0 spiro atoms. The first kappa shape index (κ1) is 16.2. The fourth-order valence-corrected chi connectivity index (χ4v) is 3.37. The Labute approximate surface area is 133 Å². The van der Waals surface area contributed by atoms with Gasteiger partial charge >= 0.3 is 0 Å². The molecule has 3 nitrogen and oxygen atoms in total. The summed E-state index contributed by atoms with van der Waals surface area (Å²) in [6.45, 7) is 4.44. The first-order valence-corrected chi connectivity index (χ1v) is 8.27. The molecule has 1 aromatic carbocycles. The molecule has 0 radical (unpaired) electrons. The van der Waals surface area contributed by atoms with Crippen molar-refractivity contribution in [1.82, 2.24) is 4.90 Å². The van der Waals surface area contributed by atoms with Crippen molar-refractivity contribution in [1.29, 1.82) is 0 Å². The van der Waals surface area contributed by atoms with E-state index in [-0.39, 0.29) is 0 Å². The Morgan fingerprint density at radius 3 is 2.90 bits per heavy atom. The molecule has 21 heavy (non-hydrogen) atoms. The summed E-state index contributed by atoms with van der Waals surface area (Å²) in [5.41, 5.74) is 7.91. The summed E-state index contributed by atoms with van der Waals surface area (Å²) in [7, 11) is 1.65. The molecule has 0 amide bonds. The molecule has 0 bridgehead atoms. The third-order valence-corrected chi connectivity index (χ3v) is 4.51. The molecule has 0 saturated carbocycles. The van der Waals surface area contributed by atoms with E-state index in [1.54, 1.807) is 7.11 Å². The van der Waals surface area contributed by atoms with Gasteiger partial charge in [-0.15, -0.1) is 0 Å². The number of nitrogens with zero attached hydrogens (tertiary/aromatic N) is 1. The third kappa shape index (κ3) is 4.17. The number of rotatable bonds is 6. The summed E-state index contributed by atoms with van der Waals surface area (Å²) in [6, 6.07) is 6.90. The average molecular weight is 306 g/mol. The van der Waals surface area contributed by atoms with Gasteiger partial charge in [0.1, 0.15) is 10.7 Å². The highest BCUT2D eigenvalue weighted by Gasteiger charge is 2.21. The minimum atomic E-state index is 0.400. The predicted octanol–water partition coefficient (Wildman–Crippen LogP) is 3.48. The van der Waals surface area contributed by atoms with Crippen LogP contribution in [0.1, 0.15) is 50.2 Å². The van der Waals surface area contributed by atoms with Crippen LogP contribution in [0, 0.1) is 0 Å². The van der Waals surface area contributed by atoms with E-state index in [1.807, 2.05) is 6.07 Å². The van der Waals surface area contributed by atoms with Crippen molar-refractivity contribution >= 4 is 17.2 Å². The predicted molar refractivity (Wildman–Crippen MR) is 91.8 cm³/mol. The molecule has 4 heteroatoms. The summed E-state index contributed by atoms with van der Waals surface area (Å²) in [6.07, 6.45) is 6.53. The van der Waals surface area contributed by atoms with Gasteiger partial charge in [-0.25, -0.2) is 0 Å². The maximum Gasteiger partial charge on any atom is 0.129 e. The van der Waals surface area contributed by atoms with Crippen molar-refractivity contribution in [2.75, 3.05) is 13.7 Å². The molecule has 2 N–H and O–H groups in total. The normalized spacial score (nSPS) is 19.4. The molecule has 1 atom stereocenters. The van der Waals surface area contributed by atoms with Crippen LogP contribution in [0.4, 0.5) is 0 Å². The van der Waals surface area contributed by atoms with Crippen LogP contribution in [0.5, 0.6) is 5.75 Å². The zero-order valence-electron chi connectivity index (χ0n) is 13.1. The molecular formula is C17H26N2OS. The highest BCUT2D eigenvalue weighted by atomic mass is 32.1. The molecule has 0 aliphatic carbocycles. The van der Waals surface area contributed by atoms with Crippen LogP contribution in [0.25, 0.3) is 0 Å². The molecule has 116 valence electrons. The van der Waals surface area contributed by atoms with Crippen molar-refractivity contribution in [3.63, 3.8) is 0 Å². The van der Waals surface area contributed by atoms with E-state index in [9.17, 15) is 0 Å². The van der Waals surface area contributed by atoms with E-state index in [2.05, 4.69) is 24.0 Å². The van der Waals surface area contributed by atoms with Crippen molar-refractivity contribution in [3.05, 3.63) is 29.3 Å². The molecule has 1 aliphatic rings. The van der Waals surface area contributed by atoms with Crippen molar-refractivity contribution in [3.8, 4) is 5.75 Å². The monoisotopic (exact) mass is 306 g/mol. The minimum absolute atomic E-state index is 0.400. The van der Waals surface area contributed by atoms with Gasteiger partial charge in [-0.3, -0.25) is 4.90 Å². The summed E-state index contributed by atoms with van der Waals surface area (Å²) >= 11 is 5.13. The Morgan fingerprint density at radius 1 is 1.43 bits per heavy atom. The van der Waals surface area contributed by atoms with Gasteiger partial charge in [0.15, 0.2) is 0 Å². The van der Waals surface area contributed by atoms with Gasteiger partial charge in [-0.2, -0.15) is 0 Å². The van der Waals surface area contributed by atoms with E-state index in [4.69, 9.17) is 22.7 Å². The smallest absolute Gasteiger partial charge is 0.129 e. The molecular weight excluding hydrogens is 280 g/mol. The number of methoxy groups -OCH3 is 1. The molecule has 1 aromatic rings. The van der Waals surface area contributed by atoms with E-state index in [0.717, 1.165) is 23.9 Å². The highest BCUT2D eigenvalue weighted by molar-refractivity contribution is 7.80. The second-order valence-corrected chi connectivity index (χ2v) is 6.25. The van der Waals surface area contributed by atoms with Gasteiger partial charge in [0.2, 0.25) is 0 Å². The summed E-state index contributed by atoms with van der Waals surface area (Å²) in [5.74, 6) is 0.759. The summed E-state index contributed by atoms with van der Waals surface area (Å²) in [5, 5.41) is 0. The Kier molecular flexibility index (Phi) is 6.00. The van der Waals surface area contributed by atoms with Crippen molar-refractivity contribution in [2.24, 2.45) is 5.73 Å². The second kappa shape index (κ2) is 7.76. The van der Waals surface area contributed by atoms with Gasteiger partial charge in [-0.1, -0.05) is 38.0 Å². The van der Waals surface area contributed by atoms with Crippen molar-refractivity contribution < 1.29 is 4.74 Å². The van der Waals surface area contributed by atoms with Crippen LogP contribution in [0.3, 0.4) is 0 Å². The van der Waals surface area contributed by atoms with E-state index >= 15 is 0 Å². The molecule has 2 rings (SSSR count). The molecule has 1 heterocycles. The number of thiocarbonyl (C=S) groups is 1. The largest absolute Gasteiger partial charge is 0.496 e. The quantitative estimate of drug-likeness (QED) is 0.817. The fourth-order valence-electron chi connectivity index (χ4n) is 3.21. The molecule has 1 saturated heterocycles. The van der Waals surface area contributed by atoms with E-state index in [1.165, 1.54) is 44.2 Å². The Balaban J connectivity index is 2.14. The molecule has 1 fully saturated rings. The van der Waals surface area contributed by atoms with Crippen LogP contribution >= 0.6 is 12.2 Å². The Hall–Kier alpha value is -1.13. The third-order valence-electron chi connectivity index (χ3n) is 4.29. The molecule has 1 unspecified atom stereocenters. The summed E-state index contributed by atoms with van der Waals surface area (Å²) in [4.78, 5) is 3.01. The topological polar surface area (TPSA) is 38.5 Å². The maximum atomic E-state index is 5.81. The van der Waals surface area contributed by atoms with Crippen LogP contribution in [0.15, 0.2) is 18.2 Å². The van der Waals surface area contributed by atoms with Gasteiger partial charge < -0.3 is 10.5 Å². The number of likely N-dealkylation sites (tertiary alicyclic amines) is 1. The molecule has 0 aromatic heterocycles. The van der Waals surface area contributed by atoms with Gasteiger partial charge in [0.25, 0.3) is 0 Å². The standard InChI is InChI=1S/C17H26N2OS/c1-3-6-14-7-4-5-10-19(14)12-13-8-9-16(20-2)15(11-13)17(18)21/h8-9,11,14H,3-7,10,12H2,1-2H3,(H2,18,21). The lowest BCUT2D eigenvalue weighted by Crippen LogP contribution is -2.38.